The van der Waals surface area contributed by atoms with E-state index >= 15 is 0 Å². The second-order valence-electron chi connectivity index (χ2n) is 10.1. The van der Waals surface area contributed by atoms with Crippen molar-refractivity contribution in [3.05, 3.63) is 6.92 Å². The van der Waals surface area contributed by atoms with E-state index in [1.165, 1.54) is 0 Å². The smallest absolute Gasteiger partial charge is 0.317 e. The van der Waals surface area contributed by atoms with Gasteiger partial charge in [-0.2, -0.15) is 0 Å². The predicted octanol–water partition coefficient (Wildman–Crippen LogP) is 5.41. The SMILES string of the molecule is [CH]CCC[Si](C)(O[Si](C)(C)C)O[Si](C)(CCCN)O[Si](C)(C)O[Si](C)(C)C. The lowest BCUT2D eigenvalue weighted by atomic mass is 10.4. The highest BCUT2D eigenvalue weighted by Gasteiger charge is 2.48. The van der Waals surface area contributed by atoms with Crippen LogP contribution in [-0.4, -0.2) is 48.9 Å². The second-order valence-corrected chi connectivity index (χ2v) is 30.1. The minimum atomic E-state index is -2.49. The number of rotatable bonds is 14. The van der Waals surface area contributed by atoms with E-state index in [9.17, 15) is 0 Å². The van der Waals surface area contributed by atoms with Gasteiger partial charge in [0, 0.05) is 0 Å². The van der Waals surface area contributed by atoms with E-state index in [1.807, 2.05) is 0 Å². The molecule has 10 heteroatoms. The van der Waals surface area contributed by atoms with Crippen LogP contribution >= 0.6 is 0 Å². The Labute approximate surface area is 174 Å². The average molecular weight is 468 g/mol. The molecule has 0 aromatic rings. The summed E-state index contributed by atoms with van der Waals surface area (Å²) in [4.78, 5) is 0. The van der Waals surface area contributed by atoms with Gasteiger partial charge in [-0.25, -0.2) is 0 Å². The molecule has 2 radical (unpaired) electrons. The van der Waals surface area contributed by atoms with E-state index in [0.29, 0.717) is 13.0 Å². The summed E-state index contributed by atoms with van der Waals surface area (Å²) in [6, 6.07) is 1.77. The Balaban J connectivity index is 5.58. The fraction of sp³-hybridized carbons (Fsp3) is 0.941. The Morgan fingerprint density at radius 1 is 0.630 bits per heavy atom. The Kier molecular flexibility index (Phi) is 11.1. The van der Waals surface area contributed by atoms with Gasteiger partial charge in [-0.05, 0) is 104 Å². The Bertz CT molecular complexity index is 442. The molecule has 0 fully saturated rings. The van der Waals surface area contributed by atoms with E-state index in [-0.39, 0.29) is 0 Å². The van der Waals surface area contributed by atoms with Crippen molar-refractivity contribution in [2.45, 2.75) is 96.8 Å². The monoisotopic (exact) mass is 467 g/mol. The molecule has 2 atom stereocenters. The maximum absolute atomic E-state index is 6.88. The maximum atomic E-state index is 6.88. The standard InChI is InChI=1S/C17H45NO4Si5/c1-12-13-16-26(10,20-24(5,6)7)22-27(11,17-14-15-18)21-25(8,9)19-23(2,3)4/h1H,12-18H2,2-11H3. The second kappa shape index (κ2) is 10.8. The molecule has 5 nitrogen and oxygen atoms in total. The third kappa shape index (κ3) is 13.7. The van der Waals surface area contributed by atoms with Gasteiger partial charge in [-0.1, -0.05) is 6.42 Å². The van der Waals surface area contributed by atoms with Gasteiger partial charge in [0.05, 0.1) is 0 Å². The van der Waals surface area contributed by atoms with Crippen molar-refractivity contribution in [1.82, 2.24) is 0 Å². The molecule has 162 valence electrons. The lowest BCUT2D eigenvalue weighted by Gasteiger charge is -2.44. The molecule has 0 heterocycles. The highest BCUT2D eigenvalue weighted by molar-refractivity contribution is 6.90. The molecule has 0 aliphatic rings. The van der Waals surface area contributed by atoms with Crippen LogP contribution in [0.1, 0.15) is 19.3 Å². The van der Waals surface area contributed by atoms with Crippen molar-refractivity contribution in [1.29, 1.82) is 0 Å². The van der Waals surface area contributed by atoms with Crippen LogP contribution in [0.15, 0.2) is 0 Å². The van der Waals surface area contributed by atoms with Crippen molar-refractivity contribution < 1.29 is 16.5 Å². The van der Waals surface area contributed by atoms with Crippen LogP contribution in [0.4, 0.5) is 0 Å². The van der Waals surface area contributed by atoms with Crippen molar-refractivity contribution in [3.8, 4) is 0 Å². The molecule has 0 amide bonds. The third-order valence-corrected chi connectivity index (χ3v) is 21.9. The summed E-state index contributed by atoms with van der Waals surface area (Å²) in [5.74, 6) is 0. The Hall–Kier alpha value is 0.884. The van der Waals surface area contributed by atoms with Gasteiger partial charge >= 0.3 is 25.7 Å². The maximum Gasteiger partial charge on any atom is 0.317 e. The van der Waals surface area contributed by atoms with Gasteiger partial charge in [-0.15, -0.1) is 0 Å². The average Bonchev–Trinajstić information content (AvgIpc) is 2.37. The van der Waals surface area contributed by atoms with E-state index in [0.717, 1.165) is 24.9 Å². The topological polar surface area (TPSA) is 62.9 Å². The molecule has 0 aliphatic heterocycles. The van der Waals surface area contributed by atoms with Crippen molar-refractivity contribution in [2.75, 3.05) is 6.54 Å². The number of nitrogens with two attached hydrogens (primary N) is 1. The molecule has 0 aliphatic carbocycles. The summed E-state index contributed by atoms with van der Waals surface area (Å²) in [6.07, 6.45) is 2.47. The number of hydrogen-bond acceptors (Lipinski definition) is 5. The predicted molar refractivity (Wildman–Crippen MR) is 129 cm³/mol. The van der Waals surface area contributed by atoms with E-state index in [2.05, 4.69) is 65.5 Å². The molecule has 27 heavy (non-hydrogen) atoms. The lowest BCUT2D eigenvalue weighted by Crippen LogP contribution is -2.60. The summed E-state index contributed by atoms with van der Waals surface area (Å²) >= 11 is 0. The quantitative estimate of drug-likeness (QED) is 0.346. The summed E-state index contributed by atoms with van der Waals surface area (Å²) in [6.45, 7) is 28.4. The molecule has 0 rings (SSSR count). The molecular formula is C17H45NO4Si5. The molecule has 0 aromatic carbocycles. The summed E-state index contributed by atoms with van der Waals surface area (Å²) < 4.78 is 26.7. The summed E-state index contributed by atoms with van der Waals surface area (Å²) in [7, 11) is -10.6. The van der Waals surface area contributed by atoms with Crippen LogP contribution in [0.2, 0.25) is 77.6 Å². The van der Waals surface area contributed by atoms with E-state index < -0.39 is 42.3 Å². The number of hydrogen-bond donors (Lipinski definition) is 1. The highest BCUT2D eigenvalue weighted by atomic mass is 28.5. The first-order valence-electron chi connectivity index (χ1n) is 10.2. The highest BCUT2D eigenvalue weighted by Crippen LogP contribution is 2.31. The molecule has 0 spiro atoms. The van der Waals surface area contributed by atoms with Gasteiger partial charge < -0.3 is 22.2 Å². The largest absolute Gasteiger partial charge is 0.437 e. The normalized spacial score (nSPS) is 18.2. The first-order valence-corrected chi connectivity index (χ1v) is 24.8. The van der Waals surface area contributed by atoms with Gasteiger partial charge in [0.15, 0.2) is 16.6 Å². The van der Waals surface area contributed by atoms with E-state index in [4.69, 9.17) is 29.1 Å². The van der Waals surface area contributed by atoms with Gasteiger partial charge in [0.1, 0.15) is 0 Å². The summed E-state index contributed by atoms with van der Waals surface area (Å²) in [5, 5.41) is 0. The molecule has 2 unspecified atom stereocenters. The number of unbranched alkanes of at least 4 members (excludes halogenated alkanes) is 1. The van der Waals surface area contributed by atoms with Crippen LogP contribution < -0.4 is 5.73 Å². The van der Waals surface area contributed by atoms with Crippen LogP contribution in [0.5, 0.6) is 0 Å². The zero-order valence-electron chi connectivity index (χ0n) is 19.5. The molecule has 0 saturated heterocycles. The lowest BCUT2D eigenvalue weighted by molar-refractivity contribution is 0.287. The van der Waals surface area contributed by atoms with Gasteiger partial charge in [0.25, 0.3) is 0 Å². The fourth-order valence-electron chi connectivity index (χ4n) is 3.47. The van der Waals surface area contributed by atoms with Crippen LogP contribution in [0.25, 0.3) is 0 Å². The van der Waals surface area contributed by atoms with Crippen molar-refractivity contribution in [3.63, 3.8) is 0 Å². The van der Waals surface area contributed by atoms with Crippen molar-refractivity contribution in [2.24, 2.45) is 5.73 Å². The minimum Gasteiger partial charge on any atom is -0.437 e. The zero-order valence-corrected chi connectivity index (χ0v) is 24.5. The molecular weight excluding hydrogens is 423 g/mol. The van der Waals surface area contributed by atoms with Gasteiger partial charge in [-0.3, -0.25) is 0 Å². The Morgan fingerprint density at radius 2 is 1.07 bits per heavy atom. The minimum absolute atomic E-state index is 0.641. The van der Waals surface area contributed by atoms with E-state index in [1.54, 1.807) is 0 Å². The first kappa shape index (κ1) is 27.9. The zero-order chi connectivity index (χ0) is 21.6. The first-order chi connectivity index (χ1) is 11.9. The van der Waals surface area contributed by atoms with Crippen molar-refractivity contribution >= 4 is 42.3 Å². The summed E-state index contributed by atoms with van der Waals surface area (Å²) in [5.41, 5.74) is 5.82. The molecule has 2 N–H and O–H groups in total. The van der Waals surface area contributed by atoms with Crippen LogP contribution in [-0.2, 0) is 16.5 Å². The molecule has 0 bridgehead atoms. The van der Waals surface area contributed by atoms with Crippen LogP contribution in [0, 0.1) is 6.92 Å². The fourth-order valence-corrected chi connectivity index (χ4v) is 27.3. The Morgan fingerprint density at radius 3 is 1.48 bits per heavy atom. The van der Waals surface area contributed by atoms with Gasteiger partial charge in [0.2, 0.25) is 0 Å². The molecule has 0 aromatic heterocycles. The third-order valence-electron chi connectivity index (χ3n) is 3.64. The molecule has 0 saturated carbocycles. The van der Waals surface area contributed by atoms with Crippen LogP contribution in [0.3, 0.4) is 0 Å².